The van der Waals surface area contributed by atoms with Crippen LogP contribution in [0.1, 0.15) is 28.8 Å². The molecule has 2 heterocycles. The first kappa shape index (κ1) is 17.1. The van der Waals surface area contributed by atoms with Crippen molar-refractivity contribution in [2.45, 2.75) is 0 Å². The molecule has 0 spiro atoms. The van der Waals surface area contributed by atoms with Gasteiger partial charge >= 0.3 is 0 Å². The second-order valence-corrected chi connectivity index (χ2v) is 12.1. The highest BCUT2D eigenvalue weighted by Gasteiger charge is 2.21. The van der Waals surface area contributed by atoms with Gasteiger partial charge in [0, 0.05) is 27.5 Å². The van der Waals surface area contributed by atoms with E-state index in [-0.39, 0.29) is 61.7 Å². The third-order valence-corrected chi connectivity index (χ3v) is 8.75. The average molecular weight is 724 g/mol. The monoisotopic (exact) mass is 723 g/mol. The maximum atomic E-state index is 9.73. The summed E-state index contributed by atoms with van der Waals surface area (Å²) in [5, 5.41) is -0.704. The molecule has 0 unspecified atom stereocenters. The van der Waals surface area contributed by atoms with Crippen LogP contribution < -0.4 is 0 Å². The fourth-order valence-corrected chi connectivity index (χ4v) is 6.24. The highest BCUT2D eigenvalue weighted by atomic mass is 15.1. The lowest BCUT2D eigenvalue weighted by molar-refractivity contribution is 1.06. The van der Waals surface area contributed by atoms with E-state index in [0.717, 1.165) is 0 Å². The summed E-state index contributed by atoms with van der Waals surface area (Å²) >= 11 is 0. The van der Waals surface area contributed by atoms with Crippen LogP contribution in [-0.4, -0.2) is 19.5 Å². The zero-order chi connectivity index (χ0) is 54.8. The van der Waals surface area contributed by atoms with Crippen LogP contribution in [0.4, 0.5) is 0 Å². The van der Waals surface area contributed by atoms with Gasteiger partial charge in [-0.2, -0.15) is 0 Å². The fourth-order valence-electron chi connectivity index (χ4n) is 6.24. The second kappa shape index (κ2) is 13.8. The summed E-state index contributed by atoms with van der Waals surface area (Å²) < 4.78 is 188. The molecule has 4 nitrogen and oxygen atoms in total. The molecule has 0 saturated heterocycles. The molecular formula is C51H34N4. The first-order chi connectivity index (χ1) is 36.0. The number of rotatable bonds is 7. The summed E-state index contributed by atoms with van der Waals surface area (Å²) in [6.07, 6.45) is 0. The van der Waals surface area contributed by atoms with Gasteiger partial charge in [-0.15, -0.1) is 0 Å². The van der Waals surface area contributed by atoms with Gasteiger partial charge in [-0.25, -0.2) is 15.0 Å². The van der Waals surface area contributed by atoms with Crippen LogP contribution in [0.25, 0.3) is 95.0 Å². The Labute approximate surface area is 349 Å². The van der Waals surface area contributed by atoms with Crippen LogP contribution in [0.2, 0.25) is 0 Å². The van der Waals surface area contributed by atoms with Crippen LogP contribution >= 0.6 is 0 Å². The molecule has 0 atom stereocenters. The van der Waals surface area contributed by atoms with E-state index in [9.17, 15) is 9.60 Å². The van der Waals surface area contributed by atoms with E-state index in [2.05, 4.69) is 0 Å². The van der Waals surface area contributed by atoms with Crippen molar-refractivity contribution in [1.29, 1.82) is 0 Å². The Kier molecular flexibility index (Phi) is 4.32. The minimum Gasteiger partial charge on any atom is -0.309 e. The van der Waals surface area contributed by atoms with Crippen LogP contribution in [0.15, 0.2) is 206 Å². The minimum absolute atomic E-state index is 0.0570. The molecule has 10 aromatic rings. The molecule has 4 heteroatoms. The number of hydrogen-bond donors (Lipinski definition) is 0. The Morgan fingerprint density at radius 1 is 0.364 bits per heavy atom. The van der Waals surface area contributed by atoms with E-state index in [4.69, 9.17) is 34.1 Å². The molecule has 0 aliphatic rings. The number of benzene rings is 8. The minimum atomic E-state index is -0.803. The molecule has 0 radical (unpaired) electrons. The maximum absolute atomic E-state index is 9.73. The zero-order valence-electron chi connectivity index (χ0n) is 49.3. The average Bonchev–Trinajstić information content (AvgIpc) is 3.88. The number of fused-ring (bicyclic) bond motifs is 3. The van der Waals surface area contributed by atoms with Crippen LogP contribution in [-0.2, 0) is 0 Å². The van der Waals surface area contributed by atoms with Gasteiger partial charge < -0.3 is 4.57 Å². The van der Waals surface area contributed by atoms with Crippen molar-refractivity contribution in [3.8, 4) is 73.2 Å². The Morgan fingerprint density at radius 2 is 0.891 bits per heavy atom. The van der Waals surface area contributed by atoms with E-state index in [0.29, 0.717) is 11.1 Å². The van der Waals surface area contributed by atoms with Crippen LogP contribution in [0, 0.1) is 0 Å². The molecule has 0 bridgehead atoms. The van der Waals surface area contributed by atoms with Crippen molar-refractivity contribution in [2.24, 2.45) is 0 Å². The fraction of sp³-hybridized carbons (Fsp3) is 0. The van der Waals surface area contributed by atoms with Gasteiger partial charge in [-0.1, -0.05) is 169 Å². The number of nitrogens with zero attached hydrogens (tertiary/aromatic N) is 4. The van der Waals surface area contributed by atoms with E-state index in [1.54, 1.807) is 60.7 Å². The highest BCUT2D eigenvalue weighted by molar-refractivity contribution is 6.11. The molecule has 0 fully saturated rings. The number of aromatic nitrogens is 4. The molecule has 8 aromatic carbocycles. The topological polar surface area (TPSA) is 43.6 Å². The highest BCUT2D eigenvalue weighted by Crippen LogP contribution is 2.40. The molecule has 55 heavy (non-hydrogen) atoms. The number of hydrogen-bond acceptors (Lipinski definition) is 3. The molecule has 0 aliphatic carbocycles. The Morgan fingerprint density at radius 3 is 1.55 bits per heavy atom. The van der Waals surface area contributed by atoms with Crippen LogP contribution in [0.3, 0.4) is 0 Å². The second-order valence-electron chi connectivity index (χ2n) is 12.1. The Hall–Kier alpha value is -7.43. The lowest BCUT2D eigenvalue weighted by Gasteiger charge is -2.17. The standard InChI is InChI=1S/C51H34N4/c1-5-16-35(17-6-1)39-24-15-25-40(32-39)42-29-31-48(55-46-27-14-13-26-43(46)44-33-41(28-30-47(44)55)36-18-7-2-8-19-36)45(34-42)51-53-49(37-20-9-3-10-21-37)52-50(54-51)38-22-11-4-12-23-38/h1-34H/i1D,2D,5D,6D,7D,8D,13D,14D,15D,16D,17D,18D,19D,24D,25D,26D,27D,28D,30D,32D,33D. The van der Waals surface area contributed by atoms with E-state index in [1.165, 1.54) is 22.8 Å². The summed E-state index contributed by atoms with van der Waals surface area (Å²) in [5.41, 5.74) is -2.55. The van der Waals surface area contributed by atoms with Crippen molar-refractivity contribution in [3.63, 3.8) is 0 Å². The Bertz CT molecular complexity index is 4070. The van der Waals surface area contributed by atoms with Gasteiger partial charge in [-0.3, -0.25) is 0 Å². The van der Waals surface area contributed by atoms with Gasteiger partial charge in [-0.05, 0) is 69.7 Å². The summed E-state index contributed by atoms with van der Waals surface area (Å²) in [6.45, 7) is 0. The first-order valence-corrected chi connectivity index (χ1v) is 16.8. The molecule has 0 aliphatic heterocycles. The largest absolute Gasteiger partial charge is 0.309 e. The van der Waals surface area contributed by atoms with Crippen molar-refractivity contribution < 1.29 is 28.8 Å². The van der Waals surface area contributed by atoms with E-state index < -0.39 is 149 Å². The maximum Gasteiger partial charge on any atom is 0.166 e. The van der Waals surface area contributed by atoms with Crippen molar-refractivity contribution >= 4 is 21.8 Å². The quantitative estimate of drug-likeness (QED) is 0.164. The molecule has 2 aromatic heterocycles. The molecule has 0 N–H and O–H groups in total. The summed E-state index contributed by atoms with van der Waals surface area (Å²) in [5.74, 6) is 0.0789. The van der Waals surface area contributed by atoms with Crippen molar-refractivity contribution in [1.82, 2.24) is 19.5 Å². The zero-order valence-corrected chi connectivity index (χ0v) is 28.3. The van der Waals surface area contributed by atoms with Crippen LogP contribution in [0.5, 0.6) is 0 Å². The van der Waals surface area contributed by atoms with Gasteiger partial charge in [0.05, 0.1) is 45.5 Å². The van der Waals surface area contributed by atoms with Gasteiger partial charge in [0.15, 0.2) is 17.5 Å². The van der Waals surface area contributed by atoms with Crippen molar-refractivity contribution in [2.75, 3.05) is 0 Å². The van der Waals surface area contributed by atoms with Gasteiger partial charge in [0.2, 0.25) is 0 Å². The molecule has 10 rings (SSSR count). The summed E-state index contributed by atoms with van der Waals surface area (Å²) in [4.78, 5) is 14.6. The predicted octanol–water partition coefficient (Wildman–Crippen LogP) is 13.0. The number of para-hydroxylation sites is 1. The summed E-state index contributed by atoms with van der Waals surface area (Å²) in [6, 6.07) is 5.78. The third-order valence-electron chi connectivity index (χ3n) is 8.75. The third kappa shape index (κ3) is 6.06. The smallest absolute Gasteiger partial charge is 0.166 e. The van der Waals surface area contributed by atoms with Gasteiger partial charge in [0.1, 0.15) is 0 Å². The summed E-state index contributed by atoms with van der Waals surface area (Å²) in [7, 11) is 0. The first-order valence-electron chi connectivity index (χ1n) is 27.3. The van der Waals surface area contributed by atoms with Crippen molar-refractivity contribution in [3.05, 3.63) is 206 Å². The molecule has 0 saturated carbocycles. The predicted molar refractivity (Wildman–Crippen MR) is 227 cm³/mol. The Balaban J connectivity index is 1.40. The lowest BCUT2D eigenvalue weighted by Crippen LogP contribution is -2.04. The molecular weight excluding hydrogens is 669 g/mol. The van der Waals surface area contributed by atoms with E-state index in [1.807, 2.05) is 0 Å². The molecule has 0 amide bonds. The van der Waals surface area contributed by atoms with Gasteiger partial charge in [0.25, 0.3) is 0 Å². The lowest BCUT2D eigenvalue weighted by atomic mass is 9.97. The normalized spacial score (nSPS) is 16.6. The molecule has 258 valence electrons. The van der Waals surface area contributed by atoms with E-state index >= 15 is 0 Å². The SMILES string of the molecule is [2H]c1c([2H])c([2H])c(-c2c([2H])c([2H])c([2H])c(-c3ccc(-n4c5c([2H])c([2H])c([2H])c([2H])c5c5c([2H])c(-c6c([2H])c([2H])c([2H])c([2H])c6[2H])c([2H])c([2H])c54)c(-c4nc(-c5ccccc5)nc(-c5ccccc5)n4)c3)c2[2H])c([2H])c1[2H].